The fraction of sp³-hybridized carbons (Fsp3) is 0. The van der Waals surface area contributed by atoms with Crippen molar-refractivity contribution in [3.63, 3.8) is 0 Å². The molecule has 17 heavy (non-hydrogen) atoms. The number of halogens is 3. The number of anilines is 1. The highest BCUT2D eigenvalue weighted by Gasteiger charge is 2.13. The predicted molar refractivity (Wildman–Crippen MR) is 60.7 cm³/mol. The van der Waals surface area contributed by atoms with Crippen molar-refractivity contribution in [2.24, 2.45) is 0 Å². The zero-order valence-electron chi connectivity index (χ0n) is 8.34. The third-order valence-electron chi connectivity index (χ3n) is 2.04. The van der Waals surface area contributed by atoms with E-state index in [1.54, 1.807) is 0 Å². The number of amides is 1. The molecule has 0 radical (unpaired) electrons. The first kappa shape index (κ1) is 11.8. The molecule has 6 heteroatoms. The molecule has 0 aliphatic carbocycles. The monoisotopic (exact) mass is 301 g/mol. The average Bonchev–Trinajstić information content (AvgIpc) is 2.79. The van der Waals surface area contributed by atoms with E-state index in [0.717, 1.165) is 12.1 Å². The van der Waals surface area contributed by atoms with Gasteiger partial charge in [-0.2, -0.15) is 0 Å². The summed E-state index contributed by atoms with van der Waals surface area (Å²) >= 11 is 2.84. The van der Waals surface area contributed by atoms with Crippen LogP contribution < -0.4 is 5.32 Å². The van der Waals surface area contributed by atoms with E-state index in [2.05, 4.69) is 21.2 Å². The van der Waals surface area contributed by atoms with Crippen LogP contribution in [0.4, 0.5) is 14.5 Å². The zero-order valence-corrected chi connectivity index (χ0v) is 9.92. The molecule has 1 amide bonds. The lowest BCUT2D eigenvalue weighted by atomic mass is 10.2. The van der Waals surface area contributed by atoms with Gasteiger partial charge in [0.25, 0.3) is 5.91 Å². The highest BCUT2D eigenvalue weighted by Crippen LogP contribution is 2.23. The smallest absolute Gasteiger partial charge is 0.258 e. The van der Waals surface area contributed by atoms with Crippen LogP contribution in [-0.2, 0) is 0 Å². The van der Waals surface area contributed by atoms with Crippen LogP contribution in [0.25, 0.3) is 0 Å². The Kier molecular flexibility index (Phi) is 3.23. The summed E-state index contributed by atoms with van der Waals surface area (Å²) < 4.78 is 31.3. The number of furan rings is 1. The molecule has 0 bridgehead atoms. The van der Waals surface area contributed by atoms with Gasteiger partial charge in [0.05, 0.1) is 22.0 Å². The summed E-state index contributed by atoms with van der Waals surface area (Å²) in [6, 6.07) is 3.26. The minimum absolute atomic E-state index is 0.00342. The van der Waals surface area contributed by atoms with Gasteiger partial charge in [0, 0.05) is 6.07 Å². The van der Waals surface area contributed by atoms with Crippen LogP contribution in [0.5, 0.6) is 0 Å². The predicted octanol–water partition coefficient (Wildman–Crippen LogP) is 3.57. The van der Waals surface area contributed by atoms with Crippen molar-refractivity contribution in [3.8, 4) is 0 Å². The molecule has 0 saturated heterocycles. The Balaban J connectivity index is 2.25. The Hall–Kier alpha value is -1.69. The van der Waals surface area contributed by atoms with Gasteiger partial charge in [-0.05, 0) is 28.1 Å². The first-order valence-electron chi connectivity index (χ1n) is 4.56. The molecule has 2 rings (SSSR count). The Morgan fingerprint density at radius 1 is 1.29 bits per heavy atom. The second-order valence-corrected chi connectivity index (χ2v) is 4.07. The number of hydrogen-bond donors (Lipinski definition) is 1. The molecule has 0 fully saturated rings. The molecule has 88 valence electrons. The number of benzene rings is 1. The van der Waals surface area contributed by atoms with E-state index in [-0.39, 0.29) is 15.7 Å². The number of rotatable bonds is 2. The first-order chi connectivity index (χ1) is 8.08. The number of hydrogen-bond acceptors (Lipinski definition) is 2. The number of carbonyl (C=O) groups is 1. The molecular formula is C11H6BrF2NO2. The lowest BCUT2D eigenvalue weighted by Crippen LogP contribution is -2.12. The summed E-state index contributed by atoms with van der Waals surface area (Å²) in [5, 5.41) is 2.25. The van der Waals surface area contributed by atoms with Gasteiger partial charge < -0.3 is 9.73 Å². The van der Waals surface area contributed by atoms with Crippen LogP contribution in [0.15, 0.2) is 39.6 Å². The van der Waals surface area contributed by atoms with Gasteiger partial charge in [0.15, 0.2) is 0 Å². The molecule has 0 spiro atoms. The summed E-state index contributed by atoms with van der Waals surface area (Å²) in [5.41, 5.74) is 0.00428. The lowest BCUT2D eigenvalue weighted by molar-refractivity contribution is 0.102. The van der Waals surface area contributed by atoms with Crippen molar-refractivity contribution in [1.82, 2.24) is 0 Å². The van der Waals surface area contributed by atoms with Crippen molar-refractivity contribution < 1.29 is 18.0 Å². The molecule has 1 heterocycles. The number of nitrogens with one attached hydrogen (secondary N) is 1. The second-order valence-electron chi connectivity index (χ2n) is 3.21. The first-order valence-corrected chi connectivity index (χ1v) is 5.35. The third-order valence-corrected chi connectivity index (χ3v) is 2.65. The Bertz CT molecular complexity index is 555. The van der Waals surface area contributed by atoms with Gasteiger partial charge in [-0.3, -0.25) is 4.79 Å². The van der Waals surface area contributed by atoms with Crippen LogP contribution in [0.1, 0.15) is 10.4 Å². The molecule has 0 saturated carbocycles. The summed E-state index contributed by atoms with van der Waals surface area (Å²) in [7, 11) is 0. The van der Waals surface area contributed by atoms with E-state index in [1.807, 2.05) is 0 Å². The Labute approximate surface area is 104 Å². The molecule has 1 aromatic heterocycles. The topological polar surface area (TPSA) is 42.2 Å². The van der Waals surface area contributed by atoms with Crippen molar-refractivity contribution in [2.75, 3.05) is 5.32 Å². The Morgan fingerprint density at radius 2 is 2.06 bits per heavy atom. The standard InChI is InChI=1S/C11H6BrF2NO2/c12-7-3-9(14)10(4-8(7)13)15-11(16)6-1-2-17-5-6/h1-5H,(H,15,16). The van der Waals surface area contributed by atoms with Crippen molar-refractivity contribution in [1.29, 1.82) is 0 Å². The van der Waals surface area contributed by atoms with E-state index in [4.69, 9.17) is 4.42 Å². The average molecular weight is 302 g/mol. The Morgan fingerprint density at radius 3 is 2.71 bits per heavy atom. The summed E-state index contributed by atoms with van der Waals surface area (Å²) in [5.74, 6) is -1.96. The SMILES string of the molecule is O=C(Nc1cc(F)c(Br)cc1F)c1ccoc1. The van der Waals surface area contributed by atoms with Gasteiger partial charge in [-0.15, -0.1) is 0 Å². The van der Waals surface area contributed by atoms with E-state index in [9.17, 15) is 13.6 Å². The second kappa shape index (κ2) is 4.67. The van der Waals surface area contributed by atoms with Crippen LogP contribution in [-0.4, -0.2) is 5.91 Å². The fourth-order valence-electron chi connectivity index (χ4n) is 1.21. The third kappa shape index (κ3) is 2.52. The van der Waals surface area contributed by atoms with E-state index in [0.29, 0.717) is 0 Å². The van der Waals surface area contributed by atoms with Crippen LogP contribution in [0.2, 0.25) is 0 Å². The van der Waals surface area contributed by atoms with Gasteiger partial charge in [0.2, 0.25) is 0 Å². The highest BCUT2D eigenvalue weighted by atomic mass is 79.9. The van der Waals surface area contributed by atoms with Gasteiger partial charge in [-0.25, -0.2) is 8.78 Å². The fourth-order valence-corrected chi connectivity index (χ4v) is 1.52. The van der Waals surface area contributed by atoms with Gasteiger partial charge in [-0.1, -0.05) is 0 Å². The number of carbonyl (C=O) groups excluding carboxylic acids is 1. The maximum absolute atomic E-state index is 13.4. The maximum atomic E-state index is 13.4. The molecule has 2 aromatic rings. The van der Waals surface area contributed by atoms with Crippen molar-refractivity contribution in [3.05, 3.63) is 52.4 Å². The van der Waals surface area contributed by atoms with Crippen LogP contribution in [0, 0.1) is 11.6 Å². The summed E-state index contributed by atoms with van der Waals surface area (Å²) in [6.07, 6.45) is 2.52. The molecule has 0 unspecified atom stereocenters. The lowest BCUT2D eigenvalue weighted by Gasteiger charge is -2.06. The summed E-state index contributed by atoms with van der Waals surface area (Å²) in [4.78, 5) is 11.6. The molecular weight excluding hydrogens is 296 g/mol. The molecule has 0 atom stereocenters. The molecule has 3 nitrogen and oxygen atoms in total. The maximum Gasteiger partial charge on any atom is 0.258 e. The minimum Gasteiger partial charge on any atom is -0.472 e. The van der Waals surface area contributed by atoms with Gasteiger partial charge in [0.1, 0.15) is 17.9 Å². The zero-order chi connectivity index (χ0) is 12.4. The molecule has 0 aliphatic rings. The minimum atomic E-state index is -0.727. The highest BCUT2D eigenvalue weighted by molar-refractivity contribution is 9.10. The van der Waals surface area contributed by atoms with Crippen LogP contribution in [0.3, 0.4) is 0 Å². The van der Waals surface area contributed by atoms with E-state index < -0.39 is 17.5 Å². The van der Waals surface area contributed by atoms with Crippen LogP contribution >= 0.6 is 15.9 Å². The van der Waals surface area contributed by atoms with E-state index >= 15 is 0 Å². The quantitative estimate of drug-likeness (QED) is 0.862. The van der Waals surface area contributed by atoms with Crippen molar-refractivity contribution >= 4 is 27.5 Å². The molecule has 1 aromatic carbocycles. The molecule has 0 aliphatic heterocycles. The summed E-state index contributed by atoms with van der Waals surface area (Å²) in [6.45, 7) is 0. The normalized spacial score (nSPS) is 10.3. The van der Waals surface area contributed by atoms with Crippen molar-refractivity contribution in [2.45, 2.75) is 0 Å². The van der Waals surface area contributed by atoms with E-state index in [1.165, 1.54) is 18.6 Å². The largest absolute Gasteiger partial charge is 0.472 e. The van der Waals surface area contributed by atoms with Gasteiger partial charge >= 0.3 is 0 Å². The molecule has 1 N–H and O–H groups in total.